The van der Waals surface area contributed by atoms with E-state index in [1.165, 1.54) is 0 Å². The Bertz CT molecular complexity index is 233. The first-order chi connectivity index (χ1) is 7.42. The van der Waals surface area contributed by atoms with Crippen LogP contribution in [0, 0.1) is 5.92 Å². The number of amides is 1. The van der Waals surface area contributed by atoms with Crippen LogP contribution in [0.1, 0.15) is 41.0 Å². The number of nitrogens with zero attached hydrogens (tertiary/aromatic N) is 1. The zero-order valence-corrected chi connectivity index (χ0v) is 10.9. The van der Waals surface area contributed by atoms with Crippen molar-refractivity contribution in [1.82, 2.24) is 4.90 Å². The summed E-state index contributed by atoms with van der Waals surface area (Å²) in [6, 6.07) is 0. The second kappa shape index (κ2) is 6.51. The predicted molar refractivity (Wildman–Crippen MR) is 63.3 cm³/mol. The number of aldehydes is 1. The molecular weight excluding hydrogens is 206 g/mol. The Labute approximate surface area is 98.0 Å². The third kappa shape index (κ3) is 5.14. The van der Waals surface area contributed by atoms with Crippen LogP contribution in [-0.2, 0) is 9.53 Å². The zero-order valence-electron chi connectivity index (χ0n) is 10.9. The van der Waals surface area contributed by atoms with E-state index in [0.29, 0.717) is 13.1 Å². The van der Waals surface area contributed by atoms with Gasteiger partial charge in [-0.2, -0.15) is 0 Å². The number of carbonyl (C=O) groups excluding carboxylic acids is 2. The van der Waals surface area contributed by atoms with Crippen LogP contribution < -0.4 is 0 Å². The van der Waals surface area contributed by atoms with Crippen molar-refractivity contribution in [3.63, 3.8) is 0 Å². The lowest BCUT2D eigenvalue weighted by Crippen LogP contribution is -2.35. The summed E-state index contributed by atoms with van der Waals surface area (Å²) in [6.45, 7) is 10.6. The summed E-state index contributed by atoms with van der Waals surface area (Å²) >= 11 is 0. The minimum absolute atomic E-state index is 0.0116. The first-order valence-corrected chi connectivity index (χ1v) is 5.85. The molecule has 0 aromatic rings. The van der Waals surface area contributed by atoms with Gasteiger partial charge in [0.15, 0.2) is 0 Å². The topological polar surface area (TPSA) is 46.6 Å². The van der Waals surface area contributed by atoms with Gasteiger partial charge in [-0.1, -0.05) is 13.8 Å². The maximum Gasteiger partial charge on any atom is 0.410 e. The largest absolute Gasteiger partial charge is 0.444 e. The Morgan fingerprint density at radius 1 is 1.38 bits per heavy atom. The summed E-state index contributed by atoms with van der Waals surface area (Å²) in [4.78, 5) is 23.6. The van der Waals surface area contributed by atoms with E-state index in [1.54, 1.807) is 4.90 Å². The molecule has 0 spiro atoms. The average molecular weight is 229 g/mol. The molecule has 16 heavy (non-hydrogen) atoms. The highest BCUT2D eigenvalue weighted by Gasteiger charge is 2.29. The van der Waals surface area contributed by atoms with Crippen LogP contribution in [0.3, 0.4) is 0 Å². The molecule has 0 aromatic heterocycles. The summed E-state index contributed by atoms with van der Waals surface area (Å²) in [6.07, 6.45) is 1.34. The standard InChI is InChI=1S/C10H17NO3.C2H6/c1-10(2,3)14-9(13)11-5-4-8(6-11)7-12;1-2/h7-8H,4-6H2,1-3H3;1-2H3. The van der Waals surface area contributed by atoms with Crippen LogP contribution >= 0.6 is 0 Å². The minimum Gasteiger partial charge on any atom is -0.444 e. The van der Waals surface area contributed by atoms with E-state index in [-0.39, 0.29) is 12.0 Å². The highest BCUT2D eigenvalue weighted by molar-refractivity contribution is 5.69. The molecule has 1 amide bonds. The highest BCUT2D eigenvalue weighted by Crippen LogP contribution is 2.17. The van der Waals surface area contributed by atoms with Crippen molar-refractivity contribution >= 4 is 12.4 Å². The van der Waals surface area contributed by atoms with Gasteiger partial charge in [0.25, 0.3) is 0 Å². The van der Waals surface area contributed by atoms with Crippen molar-refractivity contribution < 1.29 is 14.3 Å². The van der Waals surface area contributed by atoms with Crippen LogP contribution in [0.25, 0.3) is 0 Å². The Balaban J connectivity index is 0.00000106. The fraction of sp³-hybridized carbons (Fsp3) is 0.833. The van der Waals surface area contributed by atoms with Crippen LogP contribution in [0.4, 0.5) is 4.79 Å². The molecule has 1 saturated heterocycles. The Morgan fingerprint density at radius 3 is 2.31 bits per heavy atom. The molecule has 0 aromatic carbocycles. The summed E-state index contributed by atoms with van der Waals surface area (Å²) in [7, 11) is 0. The molecule has 0 bridgehead atoms. The first-order valence-electron chi connectivity index (χ1n) is 5.85. The normalized spacial score (nSPS) is 19.8. The van der Waals surface area contributed by atoms with Crippen LogP contribution in [0.2, 0.25) is 0 Å². The fourth-order valence-electron chi connectivity index (χ4n) is 1.39. The summed E-state index contributed by atoms with van der Waals surface area (Å²) in [5.74, 6) is -0.0116. The molecule has 1 heterocycles. The van der Waals surface area contributed by atoms with E-state index in [1.807, 2.05) is 34.6 Å². The lowest BCUT2D eigenvalue weighted by atomic mass is 10.1. The van der Waals surface area contributed by atoms with E-state index in [9.17, 15) is 9.59 Å². The van der Waals surface area contributed by atoms with Crippen molar-refractivity contribution in [3.05, 3.63) is 0 Å². The fourth-order valence-corrected chi connectivity index (χ4v) is 1.39. The average Bonchev–Trinajstić information content (AvgIpc) is 2.66. The van der Waals surface area contributed by atoms with Gasteiger partial charge in [0, 0.05) is 19.0 Å². The molecule has 4 nitrogen and oxygen atoms in total. The molecule has 1 aliphatic heterocycles. The summed E-state index contributed by atoms with van der Waals surface area (Å²) < 4.78 is 5.19. The van der Waals surface area contributed by atoms with E-state index >= 15 is 0 Å². The van der Waals surface area contributed by atoms with Gasteiger partial charge >= 0.3 is 6.09 Å². The Kier molecular flexibility index (Phi) is 6.08. The monoisotopic (exact) mass is 229 g/mol. The molecule has 0 aliphatic carbocycles. The van der Waals surface area contributed by atoms with Crippen molar-refractivity contribution in [2.24, 2.45) is 5.92 Å². The summed E-state index contributed by atoms with van der Waals surface area (Å²) in [5.41, 5.74) is -0.462. The second-order valence-electron chi connectivity index (χ2n) is 4.61. The van der Waals surface area contributed by atoms with Gasteiger partial charge in [0.05, 0.1) is 0 Å². The number of rotatable bonds is 1. The van der Waals surface area contributed by atoms with E-state index in [2.05, 4.69) is 0 Å². The van der Waals surface area contributed by atoms with E-state index < -0.39 is 5.60 Å². The van der Waals surface area contributed by atoms with Crippen molar-refractivity contribution in [3.8, 4) is 0 Å². The molecule has 1 rings (SSSR count). The van der Waals surface area contributed by atoms with Gasteiger partial charge < -0.3 is 14.4 Å². The number of hydrogen-bond donors (Lipinski definition) is 0. The van der Waals surface area contributed by atoms with Gasteiger partial charge in [-0.15, -0.1) is 0 Å². The maximum absolute atomic E-state index is 11.5. The molecule has 0 radical (unpaired) electrons. The molecule has 1 atom stereocenters. The molecule has 1 fully saturated rings. The predicted octanol–water partition coefficient (Wildman–Crippen LogP) is 2.47. The van der Waals surface area contributed by atoms with Gasteiger partial charge in [-0.3, -0.25) is 0 Å². The minimum atomic E-state index is -0.462. The number of carbonyl (C=O) groups is 2. The molecular formula is C12H23NO3. The molecule has 0 N–H and O–H groups in total. The van der Waals surface area contributed by atoms with E-state index in [0.717, 1.165) is 12.7 Å². The van der Waals surface area contributed by atoms with E-state index in [4.69, 9.17) is 4.74 Å². The maximum atomic E-state index is 11.5. The SMILES string of the molecule is CC.CC(C)(C)OC(=O)N1CCC(C=O)C1. The number of ether oxygens (including phenoxy) is 1. The Morgan fingerprint density at radius 2 is 1.94 bits per heavy atom. The van der Waals surface area contributed by atoms with Crippen LogP contribution in [0.5, 0.6) is 0 Å². The molecule has 1 unspecified atom stereocenters. The second-order valence-corrected chi connectivity index (χ2v) is 4.61. The zero-order chi connectivity index (χ0) is 12.8. The first kappa shape index (κ1) is 14.9. The lowest BCUT2D eigenvalue weighted by molar-refractivity contribution is -0.110. The van der Waals surface area contributed by atoms with Crippen molar-refractivity contribution in [1.29, 1.82) is 0 Å². The third-order valence-electron chi connectivity index (χ3n) is 2.07. The quantitative estimate of drug-likeness (QED) is 0.649. The molecule has 1 aliphatic rings. The highest BCUT2D eigenvalue weighted by atomic mass is 16.6. The molecule has 4 heteroatoms. The lowest BCUT2D eigenvalue weighted by Gasteiger charge is -2.24. The number of hydrogen-bond acceptors (Lipinski definition) is 3. The van der Waals surface area contributed by atoms with Crippen LogP contribution in [-0.4, -0.2) is 36.0 Å². The van der Waals surface area contributed by atoms with Gasteiger partial charge in [0.2, 0.25) is 0 Å². The smallest absolute Gasteiger partial charge is 0.410 e. The Hall–Kier alpha value is -1.06. The third-order valence-corrected chi connectivity index (χ3v) is 2.07. The van der Waals surface area contributed by atoms with Crippen molar-refractivity contribution in [2.75, 3.05) is 13.1 Å². The summed E-state index contributed by atoms with van der Waals surface area (Å²) in [5, 5.41) is 0. The molecule has 0 saturated carbocycles. The van der Waals surface area contributed by atoms with Gasteiger partial charge in [-0.05, 0) is 27.2 Å². The number of likely N-dealkylation sites (tertiary alicyclic amines) is 1. The molecule has 94 valence electrons. The van der Waals surface area contributed by atoms with Gasteiger partial charge in [0.1, 0.15) is 11.9 Å². The van der Waals surface area contributed by atoms with Crippen molar-refractivity contribution in [2.45, 2.75) is 46.6 Å². The van der Waals surface area contributed by atoms with Crippen LogP contribution in [0.15, 0.2) is 0 Å². The van der Waals surface area contributed by atoms with Gasteiger partial charge in [-0.25, -0.2) is 4.79 Å².